The molecule has 3 aromatic rings. The molecular formula is C20H17N3O. The minimum Gasteiger partial charge on any atom is -0.365 e. The van der Waals surface area contributed by atoms with E-state index in [-0.39, 0.29) is 5.57 Å². The van der Waals surface area contributed by atoms with Gasteiger partial charge in [0.15, 0.2) is 0 Å². The molecule has 1 aromatic heterocycles. The molecule has 24 heavy (non-hydrogen) atoms. The number of carbonyl (C=O) groups excluding carboxylic acids is 1. The molecular weight excluding hydrogens is 298 g/mol. The van der Waals surface area contributed by atoms with Crippen LogP contribution in [0.4, 0.5) is 0 Å². The van der Waals surface area contributed by atoms with E-state index in [1.165, 1.54) is 11.1 Å². The molecule has 0 bridgehead atoms. The maximum atomic E-state index is 11.3. The lowest BCUT2D eigenvalue weighted by Gasteiger charge is -2.06. The first-order valence-electron chi connectivity index (χ1n) is 7.63. The van der Waals surface area contributed by atoms with Crippen molar-refractivity contribution in [3.8, 4) is 6.07 Å². The number of para-hydroxylation sites is 1. The molecule has 1 amide bonds. The second-order valence-corrected chi connectivity index (χ2v) is 5.75. The molecule has 1 heterocycles. The number of fused-ring (bicyclic) bond motifs is 1. The van der Waals surface area contributed by atoms with Crippen LogP contribution in [-0.2, 0) is 11.3 Å². The molecule has 0 aliphatic carbocycles. The Bertz CT molecular complexity index is 972. The highest BCUT2D eigenvalue weighted by Gasteiger charge is 2.10. The fourth-order valence-electron chi connectivity index (χ4n) is 2.73. The van der Waals surface area contributed by atoms with Crippen LogP contribution in [0, 0.1) is 18.3 Å². The first-order chi connectivity index (χ1) is 11.6. The van der Waals surface area contributed by atoms with E-state index >= 15 is 0 Å². The summed E-state index contributed by atoms with van der Waals surface area (Å²) < 4.78 is 2.11. The zero-order valence-corrected chi connectivity index (χ0v) is 13.4. The molecule has 0 radical (unpaired) electrons. The summed E-state index contributed by atoms with van der Waals surface area (Å²) in [5.74, 6) is -0.715. The van der Waals surface area contributed by atoms with Crippen molar-refractivity contribution in [1.82, 2.24) is 4.57 Å². The second kappa shape index (κ2) is 6.43. The Balaban J connectivity index is 2.08. The van der Waals surface area contributed by atoms with Gasteiger partial charge in [0.2, 0.25) is 0 Å². The monoisotopic (exact) mass is 315 g/mol. The van der Waals surface area contributed by atoms with E-state index in [0.29, 0.717) is 6.54 Å². The van der Waals surface area contributed by atoms with Gasteiger partial charge in [0.1, 0.15) is 11.6 Å². The Morgan fingerprint density at radius 2 is 1.92 bits per heavy atom. The largest absolute Gasteiger partial charge is 0.365 e. The van der Waals surface area contributed by atoms with Crippen LogP contribution in [0.3, 0.4) is 0 Å². The Morgan fingerprint density at radius 1 is 1.21 bits per heavy atom. The van der Waals surface area contributed by atoms with Crippen LogP contribution in [0.15, 0.2) is 60.3 Å². The number of benzene rings is 2. The lowest BCUT2D eigenvalue weighted by Crippen LogP contribution is -2.12. The molecule has 2 N–H and O–H groups in total. The minimum absolute atomic E-state index is 0.0479. The summed E-state index contributed by atoms with van der Waals surface area (Å²) in [7, 11) is 0. The molecule has 0 atom stereocenters. The standard InChI is InChI=1S/C20H17N3O/c1-14-6-8-15(9-7-14)12-23-13-17(10-16(11-21)20(22)24)18-4-2-3-5-19(18)23/h2-10,13H,12H2,1H3,(H2,22,24)/b16-10-. The summed E-state index contributed by atoms with van der Waals surface area (Å²) in [5.41, 5.74) is 9.47. The Labute approximate surface area is 140 Å². The van der Waals surface area contributed by atoms with Gasteiger partial charge in [0, 0.05) is 29.2 Å². The third-order valence-corrected chi connectivity index (χ3v) is 3.98. The van der Waals surface area contributed by atoms with Gasteiger partial charge in [-0.3, -0.25) is 4.79 Å². The summed E-state index contributed by atoms with van der Waals surface area (Å²) >= 11 is 0. The highest BCUT2D eigenvalue weighted by Crippen LogP contribution is 2.24. The van der Waals surface area contributed by atoms with E-state index in [9.17, 15) is 4.79 Å². The van der Waals surface area contributed by atoms with Crippen molar-refractivity contribution >= 4 is 22.9 Å². The summed E-state index contributed by atoms with van der Waals surface area (Å²) in [6.07, 6.45) is 3.50. The SMILES string of the molecule is Cc1ccc(Cn2cc(/C=C(/C#N)C(N)=O)c3ccccc32)cc1. The fourth-order valence-corrected chi connectivity index (χ4v) is 2.73. The van der Waals surface area contributed by atoms with Crippen LogP contribution >= 0.6 is 0 Å². The number of rotatable bonds is 4. The first kappa shape index (κ1) is 15.6. The van der Waals surface area contributed by atoms with E-state index in [0.717, 1.165) is 16.5 Å². The topological polar surface area (TPSA) is 71.8 Å². The van der Waals surface area contributed by atoms with Gasteiger partial charge in [-0.15, -0.1) is 0 Å². The second-order valence-electron chi connectivity index (χ2n) is 5.75. The van der Waals surface area contributed by atoms with Gasteiger partial charge in [-0.25, -0.2) is 0 Å². The van der Waals surface area contributed by atoms with Crippen molar-refractivity contribution in [2.24, 2.45) is 5.73 Å². The van der Waals surface area contributed by atoms with Gasteiger partial charge in [0.25, 0.3) is 5.91 Å². The van der Waals surface area contributed by atoms with Gasteiger partial charge in [-0.2, -0.15) is 5.26 Å². The number of amides is 1. The number of aromatic nitrogens is 1. The molecule has 0 fully saturated rings. The number of hydrogen-bond acceptors (Lipinski definition) is 2. The highest BCUT2D eigenvalue weighted by atomic mass is 16.1. The third kappa shape index (κ3) is 3.06. The number of carbonyl (C=O) groups is 1. The molecule has 0 spiro atoms. The molecule has 3 rings (SSSR count). The number of nitriles is 1. The third-order valence-electron chi connectivity index (χ3n) is 3.98. The first-order valence-corrected chi connectivity index (χ1v) is 7.63. The van der Waals surface area contributed by atoms with Crippen molar-refractivity contribution in [3.63, 3.8) is 0 Å². The van der Waals surface area contributed by atoms with Crippen molar-refractivity contribution in [2.45, 2.75) is 13.5 Å². The quantitative estimate of drug-likeness (QED) is 0.592. The van der Waals surface area contributed by atoms with Crippen LogP contribution in [-0.4, -0.2) is 10.5 Å². The summed E-state index contributed by atoms with van der Waals surface area (Å²) in [6, 6.07) is 18.1. The van der Waals surface area contributed by atoms with E-state index in [1.807, 2.05) is 36.5 Å². The Kier molecular flexibility index (Phi) is 4.17. The molecule has 0 saturated carbocycles. The molecule has 0 aliphatic rings. The minimum atomic E-state index is -0.715. The van der Waals surface area contributed by atoms with Crippen molar-refractivity contribution in [3.05, 3.63) is 77.0 Å². The van der Waals surface area contributed by atoms with Gasteiger partial charge in [-0.05, 0) is 24.6 Å². The van der Waals surface area contributed by atoms with E-state index in [2.05, 4.69) is 35.8 Å². The van der Waals surface area contributed by atoms with Crippen LogP contribution in [0.2, 0.25) is 0 Å². The zero-order valence-electron chi connectivity index (χ0n) is 13.4. The zero-order chi connectivity index (χ0) is 17.1. The van der Waals surface area contributed by atoms with Crippen LogP contribution in [0.1, 0.15) is 16.7 Å². The fraction of sp³-hybridized carbons (Fsp3) is 0.100. The van der Waals surface area contributed by atoms with Gasteiger partial charge >= 0.3 is 0 Å². The number of nitrogens with zero attached hydrogens (tertiary/aromatic N) is 2. The lowest BCUT2D eigenvalue weighted by molar-refractivity contribution is -0.114. The van der Waals surface area contributed by atoms with E-state index in [4.69, 9.17) is 11.0 Å². The van der Waals surface area contributed by atoms with Gasteiger partial charge in [-0.1, -0.05) is 48.0 Å². The normalized spacial score (nSPS) is 11.4. The maximum absolute atomic E-state index is 11.3. The number of aryl methyl sites for hydroxylation is 1. The lowest BCUT2D eigenvalue weighted by atomic mass is 10.1. The Morgan fingerprint density at radius 3 is 2.58 bits per heavy atom. The molecule has 0 aliphatic heterocycles. The molecule has 2 aromatic carbocycles. The van der Waals surface area contributed by atoms with Crippen molar-refractivity contribution < 1.29 is 4.79 Å². The number of primary amides is 1. The van der Waals surface area contributed by atoms with E-state index in [1.54, 1.807) is 6.08 Å². The summed E-state index contributed by atoms with van der Waals surface area (Å²) in [6.45, 7) is 2.78. The predicted molar refractivity (Wildman–Crippen MR) is 95.0 cm³/mol. The van der Waals surface area contributed by atoms with Crippen LogP contribution in [0.25, 0.3) is 17.0 Å². The smallest absolute Gasteiger partial charge is 0.259 e. The van der Waals surface area contributed by atoms with Crippen molar-refractivity contribution in [2.75, 3.05) is 0 Å². The highest BCUT2D eigenvalue weighted by molar-refractivity contribution is 6.03. The molecule has 4 nitrogen and oxygen atoms in total. The Hall–Kier alpha value is -3.32. The number of nitrogens with two attached hydrogens (primary N) is 1. The summed E-state index contributed by atoms with van der Waals surface area (Å²) in [5, 5.41) is 10.1. The average Bonchev–Trinajstić information content (AvgIpc) is 2.92. The van der Waals surface area contributed by atoms with Crippen LogP contribution in [0.5, 0.6) is 0 Å². The summed E-state index contributed by atoms with van der Waals surface area (Å²) in [4.78, 5) is 11.3. The van der Waals surface area contributed by atoms with Gasteiger partial charge < -0.3 is 10.3 Å². The molecule has 4 heteroatoms. The van der Waals surface area contributed by atoms with Crippen molar-refractivity contribution in [1.29, 1.82) is 5.26 Å². The predicted octanol–water partition coefficient (Wildman–Crippen LogP) is 3.39. The average molecular weight is 315 g/mol. The van der Waals surface area contributed by atoms with Crippen LogP contribution < -0.4 is 5.73 Å². The molecule has 0 unspecified atom stereocenters. The molecule has 0 saturated heterocycles. The van der Waals surface area contributed by atoms with E-state index < -0.39 is 5.91 Å². The molecule has 118 valence electrons. The number of hydrogen-bond donors (Lipinski definition) is 1. The maximum Gasteiger partial charge on any atom is 0.259 e. The van der Waals surface area contributed by atoms with Gasteiger partial charge in [0.05, 0.1) is 0 Å².